The third kappa shape index (κ3) is 2.50. The van der Waals surface area contributed by atoms with Crippen molar-refractivity contribution in [3.63, 3.8) is 0 Å². The fourth-order valence-electron chi connectivity index (χ4n) is 1.88. The molecule has 7 heteroatoms. The number of nitrogens with one attached hydrogen (secondary N) is 1. The number of aromatic nitrogens is 2. The van der Waals surface area contributed by atoms with Gasteiger partial charge in [0, 0.05) is 16.8 Å². The van der Waals surface area contributed by atoms with Gasteiger partial charge in [0.05, 0.1) is 11.9 Å². The minimum absolute atomic E-state index is 0.151. The molecule has 3 N–H and O–H groups in total. The van der Waals surface area contributed by atoms with Gasteiger partial charge in [0.1, 0.15) is 9.71 Å². The highest BCUT2D eigenvalue weighted by Crippen LogP contribution is 2.31. The predicted octanol–water partition coefficient (Wildman–Crippen LogP) is 2.31. The molecular formula is C13H12N4OS2. The van der Waals surface area contributed by atoms with Crippen molar-refractivity contribution in [1.82, 2.24) is 15.5 Å². The van der Waals surface area contributed by atoms with Gasteiger partial charge < -0.3 is 11.1 Å². The molecule has 3 aromatic heterocycles. The van der Waals surface area contributed by atoms with Crippen LogP contribution in [0.3, 0.4) is 0 Å². The first-order valence-corrected chi connectivity index (χ1v) is 7.75. The van der Waals surface area contributed by atoms with E-state index in [1.165, 1.54) is 16.2 Å². The highest BCUT2D eigenvalue weighted by Gasteiger charge is 2.16. The third-order valence-electron chi connectivity index (χ3n) is 2.86. The van der Waals surface area contributed by atoms with Crippen LogP contribution in [0.5, 0.6) is 0 Å². The molecule has 0 radical (unpaired) electrons. The second-order valence-electron chi connectivity index (χ2n) is 4.18. The van der Waals surface area contributed by atoms with Gasteiger partial charge in [-0.1, -0.05) is 6.07 Å². The van der Waals surface area contributed by atoms with Crippen LogP contribution in [0, 0.1) is 0 Å². The summed E-state index contributed by atoms with van der Waals surface area (Å²) < 4.78 is 0. The molecule has 1 amide bonds. The zero-order valence-corrected chi connectivity index (χ0v) is 12.1. The summed E-state index contributed by atoms with van der Waals surface area (Å²) in [6.45, 7) is 0.596. The molecule has 0 saturated carbocycles. The van der Waals surface area contributed by atoms with Crippen molar-refractivity contribution in [3.8, 4) is 0 Å². The average Bonchev–Trinajstić information content (AvgIpc) is 3.08. The first-order chi connectivity index (χ1) is 9.75. The summed E-state index contributed by atoms with van der Waals surface area (Å²) in [5.41, 5.74) is 6.47. The van der Waals surface area contributed by atoms with Crippen molar-refractivity contribution in [3.05, 3.63) is 39.5 Å². The molecule has 3 aromatic rings. The molecule has 0 fully saturated rings. The number of fused-ring (bicyclic) bond motifs is 1. The van der Waals surface area contributed by atoms with E-state index in [9.17, 15) is 4.79 Å². The number of hydrogen-bond donors (Lipinski definition) is 2. The maximum Gasteiger partial charge on any atom is 0.263 e. The molecule has 0 aliphatic heterocycles. The van der Waals surface area contributed by atoms with Gasteiger partial charge in [-0.3, -0.25) is 4.79 Å². The molecule has 0 unspecified atom stereocenters. The summed E-state index contributed by atoms with van der Waals surface area (Å²) in [6, 6.07) is 5.83. The van der Waals surface area contributed by atoms with Crippen molar-refractivity contribution in [1.29, 1.82) is 0 Å². The fraction of sp³-hybridized carbons (Fsp3) is 0.154. The number of hydrogen-bond acceptors (Lipinski definition) is 6. The molecule has 3 rings (SSSR count). The highest BCUT2D eigenvalue weighted by molar-refractivity contribution is 7.21. The maximum atomic E-state index is 12.1. The Hall–Kier alpha value is -1.99. The Balaban J connectivity index is 1.71. The quantitative estimate of drug-likeness (QED) is 0.775. The van der Waals surface area contributed by atoms with Crippen LogP contribution >= 0.6 is 22.7 Å². The van der Waals surface area contributed by atoms with Crippen LogP contribution in [-0.4, -0.2) is 22.6 Å². The molecule has 0 saturated heterocycles. The van der Waals surface area contributed by atoms with E-state index in [2.05, 4.69) is 21.6 Å². The van der Waals surface area contributed by atoms with Gasteiger partial charge in [-0.25, -0.2) is 0 Å². The first-order valence-electron chi connectivity index (χ1n) is 6.06. The molecule has 0 atom stereocenters. The fourth-order valence-corrected chi connectivity index (χ4v) is 3.54. The van der Waals surface area contributed by atoms with Gasteiger partial charge in [-0.2, -0.15) is 5.10 Å². The van der Waals surface area contributed by atoms with Crippen LogP contribution in [0.15, 0.2) is 29.8 Å². The molecular weight excluding hydrogens is 292 g/mol. The number of rotatable bonds is 4. The summed E-state index contributed by atoms with van der Waals surface area (Å²) in [6.07, 6.45) is 2.40. The Labute approximate surface area is 123 Å². The van der Waals surface area contributed by atoms with Gasteiger partial charge in [-0.05, 0) is 23.9 Å². The molecule has 5 nitrogen and oxygen atoms in total. The van der Waals surface area contributed by atoms with Crippen LogP contribution < -0.4 is 11.1 Å². The lowest BCUT2D eigenvalue weighted by Crippen LogP contribution is -2.25. The number of nitrogen functional groups attached to an aromatic ring is 1. The Kier molecular flexibility index (Phi) is 3.62. The lowest BCUT2D eigenvalue weighted by Gasteiger charge is -2.03. The summed E-state index contributed by atoms with van der Waals surface area (Å²) in [5.74, 6) is -0.151. The van der Waals surface area contributed by atoms with Gasteiger partial charge in [0.15, 0.2) is 0 Å². The van der Waals surface area contributed by atoms with Crippen molar-refractivity contribution in [2.24, 2.45) is 0 Å². The van der Waals surface area contributed by atoms with Crippen molar-refractivity contribution >= 4 is 44.5 Å². The van der Waals surface area contributed by atoms with E-state index in [4.69, 9.17) is 5.73 Å². The van der Waals surface area contributed by atoms with Crippen molar-refractivity contribution < 1.29 is 4.79 Å². The third-order valence-corrected chi connectivity index (χ3v) is 4.90. The topological polar surface area (TPSA) is 80.9 Å². The lowest BCUT2D eigenvalue weighted by atomic mass is 10.2. The van der Waals surface area contributed by atoms with E-state index >= 15 is 0 Å². The summed E-state index contributed by atoms with van der Waals surface area (Å²) in [5, 5.41) is 13.5. The second kappa shape index (κ2) is 5.56. The molecule has 102 valence electrons. The van der Waals surface area contributed by atoms with E-state index in [1.807, 2.05) is 11.4 Å². The van der Waals surface area contributed by atoms with Crippen LogP contribution in [0.2, 0.25) is 0 Å². The summed E-state index contributed by atoms with van der Waals surface area (Å²) in [7, 11) is 0. The summed E-state index contributed by atoms with van der Waals surface area (Å²) >= 11 is 2.96. The van der Waals surface area contributed by atoms with Crippen LogP contribution in [0.1, 0.15) is 14.5 Å². The standard InChI is InChI=1S/C13H12N4OS2/c14-10-9-4-6-16-17-13(9)20-11(10)12(18)15-5-3-8-2-1-7-19-8/h1-2,4,6-7H,3,5,14H2,(H,15,18). The Morgan fingerprint density at radius 2 is 2.30 bits per heavy atom. The smallest absolute Gasteiger partial charge is 0.263 e. The molecule has 20 heavy (non-hydrogen) atoms. The Morgan fingerprint density at radius 3 is 3.05 bits per heavy atom. The van der Waals surface area contributed by atoms with E-state index in [-0.39, 0.29) is 5.91 Å². The SMILES string of the molecule is Nc1c(C(=O)NCCc2cccs2)sc2nnccc12. The Bertz CT molecular complexity index is 736. The largest absolute Gasteiger partial charge is 0.397 e. The number of carbonyl (C=O) groups is 1. The van der Waals surface area contributed by atoms with Crippen molar-refractivity contribution in [2.45, 2.75) is 6.42 Å². The first kappa shape index (κ1) is 13.0. The minimum Gasteiger partial charge on any atom is -0.397 e. The molecule has 0 spiro atoms. The minimum atomic E-state index is -0.151. The van der Waals surface area contributed by atoms with Crippen LogP contribution in [-0.2, 0) is 6.42 Å². The zero-order valence-electron chi connectivity index (χ0n) is 10.5. The van der Waals surface area contributed by atoms with E-state index in [0.29, 0.717) is 21.9 Å². The summed E-state index contributed by atoms with van der Waals surface area (Å²) in [4.78, 5) is 14.6. The molecule has 0 aliphatic carbocycles. The normalized spacial score (nSPS) is 10.8. The van der Waals surface area contributed by atoms with Crippen LogP contribution in [0.25, 0.3) is 10.2 Å². The number of nitrogens with zero attached hydrogens (tertiary/aromatic N) is 2. The molecule has 0 aliphatic rings. The highest BCUT2D eigenvalue weighted by atomic mass is 32.1. The van der Waals surface area contributed by atoms with E-state index in [0.717, 1.165) is 11.8 Å². The van der Waals surface area contributed by atoms with Crippen molar-refractivity contribution in [2.75, 3.05) is 12.3 Å². The maximum absolute atomic E-state index is 12.1. The number of nitrogens with two attached hydrogens (primary N) is 1. The zero-order chi connectivity index (χ0) is 13.9. The van der Waals surface area contributed by atoms with Gasteiger partial charge in [0.2, 0.25) is 0 Å². The molecule has 3 heterocycles. The Morgan fingerprint density at radius 1 is 1.40 bits per heavy atom. The number of anilines is 1. The van der Waals surface area contributed by atoms with E-state index < -0.39 is 0 Å². The predicted molar refractivity (Wildman–Crippen MR) is 82.2 cm³/mol. The lowest BCUT2D eigenvalue weighted by molar-refractivity contribution is 0.0959. The molecule has 0 aromatic carbocycles. The second-order valence-corrected chi connectivity index (χ2v) is 6.21. The monoisotopic (exact) mass is 304 g/mol. The number of amides is 1. The number of thiophene rings is 2. The van der Waals surface area contributed by atoms with Gasteiger partial charge in [0.25, 0.3) is 5.91 Å². The van der Waals surface area contributed by atoms with Gasteiger partial charge >= 0.3 is 0 Å². The molecule has 0 bridgehead atoms. The number of carbonyl (C=O) groups excluding carboxylic acids is 1. The van der Waals surface area contributed by atoms with Gasteiger partial charge in [-0.15, -0.1) is 27.8 Å². The van der Waals surface area contributed by atoms with Crippen LogP contribution in [0.4, 0.5) is 5.69 Å². The average molecular weight is 304 g/mol. The van der Waals surface area contributed by atoms with E-state index in [1.54, 1.807) is 23.6 Å².